The number of amides is 1. The zero-order valence-corrected chi connectivity index (χ0v) is 13.7. The van der Waals surface area contributed by atoms with Gasteiger partial charge in [-0.2, -0.15) is 8.78 Å². The van der Waals surface area contributed by atoms with Gasteiger partial charge in [-0.1, -0.05) is 23.4 Å². The molecule has 1 aromatic heterocycles. The fraction of sp³-hybridized carbons (Fsp3) is 0.385. The molecule has 7 nitrogen and oxygen atoms in total. The van der Waals surface area contributed by atoms with E-state index < -0.39 is 6.61 Å². The predicted octanol–water partition coefficient (Wildman–Crippen LogP) is 2.99. The van der Waals surface area contributed by atoms with Crippen molar-refractivity contribution in [1.82, 2.24) is 20.2 Å². The van der Waals surface area contributed by atoms with Crippen LogP contribution in [0.3, 0.4) is 0 Å². The fourth-order valence-electron chi connectivity index (χ4n) is 1.93. The number of ether oxygens (including phenoxy) is 1. The van der Waals surface area contributed by atoms with Crippen LogP contribution in [0.15, 0.2) is 23.4 Å². The van der Waals surface area contributed by atoms with E-state index in [0.29, 0.717) is 16.9 Å². The molecule has 0 aliphatic heterocycles. The van der Waals surface area contributed by atoms with E-state index >= 15 is 0 Å². The Kier molecular flexibility index (Phi) is 5.14. The summed E-state index contributed by atoms with van der Waals surface area (Å²) in [6.45, 7) is -2.96. The maximum atomic E-state index is 12.2. The molecule has 11 heteroatoms. The first-order valence-corrected chi connectivity index (χ1v) is 8.34. The van der Waals surface area contributed by atoms with Crippen LogP contribution in [-0.4, -0.2) is 38.5 Å². The molecule has 1 N–H and O–H groups in total. The monoisotopic (exact) mass is 375 g/mol. The second kappa shape index (κ2) is 7.31. The Labute approximate surface area is 144 Å². The van der Waals surface area contributed by atoms with Crippen LogP contribution in [-0.2, 0) is 4.79 Å². The highest BCUT2D eigenvalue weighted by Gasteiger charge is 2.28. The van der Waals surface area contributed by atoms with E-state index in [9.17, 15) is 13.6 Å². The first-order valence-electron chi connectivity index (χ1n) is 6.98. The summed E-state index contributed by atoms with van der Waals surface area (Å²) >= 11 is 7.06. The summed E-state index contributed by atoms with van der Waals surface area (Å²) in [6.07, 6.45) is 2.08. The van der Waals surface area contributed by atoms with Gasteiger partial charge < -0.3 is 10.1 Å². The van der Waals surface area contributed by atoms with Crippen LogP contribution in [0.2, 0.25) is 5.02 Å². The third-order valence-corrected chi connectivity index (χ3v) is 4.35. The van der Waals surface area contributed by atoms with E-state index in [4.69, 9.17) is 11.6 Å². The topological polar surface area (TPSA) is 81.9 Å². The molecule has 1 aromatic carbocycles. The number of carbonyl (C=O) groups is 1. The zero-order valence-electron chi connectivity index (χ0n) is 12.2. The third-order valence-electron chi connectivity index (χ3n) is 3.12. The molecule has 0 unspecified atom stereocenters. The van der Waals surface area contributed by atoms with Crippen LogP contribution in [0.1, 0.15) is 18.9 Å². The SMILES string of the molecule is O=C(CSc1nnnn1C1CC1)Nc1ccc(OC(F)F)c(Cl)c1. The Bertz CT molecular complexity index is 741. The molecule has 0 atom stereocenters. The number of tetrazole rings is 1. The second-order valence-electron chi connectivity index (χ2n) is 5.00. The van der Waals surface area contributed by atoms with Crippen LogP contribution < -0.4 is 10.1 Å². The van der Waals surface area contributed by atoms with Gasteiger partial charge >= 0.3 is 6.61 Å². The number of nitrogens with one attached hydrogen (secondary N) is 1. The van der Waals surface area contributed by atoms with E-state index in [1.165, 1.54) is 30.0 Å². The van der Waals surface area contributed by atoms with E-state index in [1.807, 2.05) is 0 Å². The van der Waals surface area contributed by atoms with E-state index in [1.54, 1.807) is 4.68 Å². The van der Waals surface area contributed by atoms with Crippen molar-refractivity contribution in [3.8, 4) is 5.75 Å². The minimum absolute atomic E-state index is 0.0153. The van der Waals surface area contributed by atoms with E-state index in [2.05, 4.69) is 25.6 Å². The molecule has 24 heavy (non-hydrogen) atoms. The van der Waals surface area contributed by atoms with Gasteiger partial charge in [-0.3, -0.25) is 4.79 Å². The van der Waals surface area contributed by atoms with Crippen molar-refractivity contribution in [3.05, 3.63) is 23.2 Å². The van der Waals surface area contributed by atoms with Gasteiger partial charge in [0.2, 0.25) is 11.1 Å². The smallest absolute Gasteiger partial charge is 0.387 e. The number of thioether (sulfide) groups is 1. The Balaban J connectivity index is 1.54. The maximum Gasteiger partial charge on any atom is 0.387 e. The number of hydrogen-bond acceptors (Lipinski definition) is 6. The van der Waals surface area contributed by atoms with Gasteiger partial charge in [-0.25, -0.2) is 4.68 Å². The average Bonchev–Trinajstić information content (AvgIpc) is 3.26. The van der Waals surface area contributed by atoms with Gasteiger partial charge in [0.1, 0.15) is 5.75 Å². The molecular weight excluding hydrogens is 364 g/mol. The second-order valence-corrected chi connectivity index (χ2v) is 6.35. The highest BCUT2D eigenvalue weighted by Crippen LogP contribution is 2.36. The lowest BCUT2D eigenvalue weighted by atomic mass is 10.3. The molecule has 1 fully saturated rings. The van der Waals surface area contributed by atoms with Crippen molar-refractivity contribution in [2.75, 3.05) is 11.1 Å². The summed E-state index contributed by atoms with van der Waals surface area (Å²) in [5.41, 5.74) is 0.383. The highest BCUT2D eigenvalue weighted by molar-refractivity contribution is 7.99. The first kappa shape index (κ1) is 16.9. The van der Waals surface area contributed by atoms with Crippen LogP contribution in [0.25, 0.3) is 0 Å². The van der Waals surface area contributed by atoms with Crippen LogP contribution in [0.4, 0.5) is 14.5 Å². The summed E-state index contributed by atoms with van der Waals surface area (Å²) in [6, 6.07) is 4.37. The first-order chi connectivity index (χ1) is 11.5. The fourth-order valence-corrected chi connectivity index (χ4v) is 2.90. The molecule has 0 saturated heterocycles. The standard InChI is InChI=1S/C13H12ClF2N5O2S/c14-9-5-7(1-4-10(9)23-12(15)16)17-11(22)6-24-13-18-19-20-21(13)8-2-3-8/h1,4-5,8,12H,2-3,6H2,(H,17,22). The normalized spacial score (nSPS) is 14.0. The number of alkyl halides is 2. The van der Waals surface area contributed by atoms with Crippen molar-refractivity contribution < 1.29 is 18.3 Å². The van der Waals surface area contributed by atoms with Gasteiger partial charge in [0.05, 0.1) is 16.8 Å². The number of hydrogen-bond donors (Lipinski definition) is 1. The van der Waals surface area contributed by atoms with Crippen molar-refractivity contribution in [2.45, 2.75) is 30.7 Å². The quantitative estimate of drug-likeness (QED) is 0.749. The van der Waals surface area contributed by atoms with Gasteiger partial charge in [0.25, 0.3) is 0 Å². The molecule has 1 amide bonds. The minimum Gasteiger partial charge on any atom is -0.433 e. The highest BCUT2D eigenvalue weighted by atomic mass is 35.5. The Hall–Kier alpha value is -1.94. The molecule has 128 valence electrons. The summed E-state index contributed by atoms with van der Waals surface area (Å²) in [4.78, 5) is 12.0. The van der Waals surface area contributed by atoms with Crippen LogP contribution in [0.5, 0.6) is 5.75 Å². The molecule has 2 aromatic rings. The van der Waals surface area contributed by atoms with Crippen molar-refractivity contribution in [2.24, 2.45) is 0 Å². The summed E-state index contributed by atoms with van der Waals surface area (Å²) in [7, 11) is 0. The van der Waals surface area contributed by atoms with Crippen molar-refractivity contribution in [1.29, 1.82) is 0 Å². The lowest BCUT2D eigenvalue weighted by molar-refractivity contribution is -0.113. The van der Waals surface area contributed by atoms with E-state index in [0.717, 1.165) is 12.8 Å². The van der Waals surface area contributed by atoms with Gasteiger partial charge in [-0.05, 0) is 41.5 Å². The van der Waals surface area contributed by atoms with Gasteiger partial charge in [0, 0.05) is 5.69 Å². The predicted molar refractivity (Wildman–Crippen MR) is 83.5 cm³/mol. The molecule has 0 bridgehead atoms. The van der Waals surface area contributed by atoms with Crippen molar-refractivity contribution >= 4 is 35.0 Å². The molecular formula is C13H12ClF2N5O2S. The van der Waals surface area contributed by atoms with Gasteiger partial charge in [0.15, 0.2) is 0 Å². The molecule has 1 heterocycles. The average molecular weight is 376 g/mol. The number of nitrogens with zero attached hydrogens (tertiary/aromatic N) is 4. The minimum atomic E-state index is -2.96. The molecule has 1 aliphatic carbocycles. The number of anilines is 1. The molecule has 0 radical (unpaired) electrons. The summed E-state index contributed by atoms with van der Waals surface area (Å²) in [5, 5.41) is 14.6. The van der Waals surface area contributed by atoms with Crippen LogP contribution >= 0.6 is 23.4 Å². The maximum absolute atomic E-state index is 12.2. The Morgan fingerprint density at radius 3 is 2.96 bits per heavy atom. The van der Waals surface area contributed by atoms with E-state index in [-0.39, 0.29) is 22.4 Å². The number of carbonyl (C=O) groups excluding carboxylic acids is 1. The van der Waals surface area contributed by atoms with Crippen LogP contribution in [0, 0.1) is 0 Å². The zero-order chi connectivity index (χ0) is 17.1. The van der Waals surface area contributed by atoms with Crippen molar-refractivity contribution in [3.63, 3.8) is 0 Å². The summed E-state index contributed by atoms with van der Waals surface area (Å²) < 4.78 is 30.3. The lowest BCUT2D eigenvalue weighted by Crippen LogP contribution is -2.14. The number of halogens is 3. The largest absolute Gasteiger partial charge is 0.433 e. The molecule has 3 rings (SSSR count). The number of rotatable bonds is 7. The molecule has 0 spiro atoms. The number of aromatic nitrogens is 4. The molecule has 1 aliphatic rings. The van der Waals surface area contributed by atoms with Gasteiger partial charge in [-0.15, -0.1) is 5.10 Å². The number of benzene rings is 1. The molecule has 1 saturated carbocycles. The Morgan fingerprint density at radius 1 is 1.50 bits per heavy atom. The lowest BCUT2D eigenvalue weighted by Gasteiger charge is -2.09. The Morgan fingerprint density at radius 2 is 2.29 bits per heavy atom. The third kappa shape index (κ3) is 4.32. The summed E-state index contributed by atoms with van der Waals surface area (Å²) in [5.74, 6) is -0.327.